The SMILES string of the molecule is COc1ccc(-c2cn(C[C@]3(C)CCC[C@]4(C)C5CCC(C(C)C)=CC5=CCC34)nn2)cc1. The van der Waals surface area contributed by atoms with Gasteiger partial charge in [-0.1, -0.05) is 57.1 Å². The van der Waals surface area contributed by atoms with E-state index in [1.807, 2.05) is 12.1 Å². The van der Waals surface area contributed by atoms with Crippen molar-refractivity contribution in [3.05, 3.63) is 53.8 Å². The molecule has 0 bridgehead atoms. The summed E-state index contributed by atoms with van der Waals surface area (Å²) in [5.74, 6) is 2.93. The highest BCUT2D eigenvalue weighted by atomic mass is 16.5. The molecule has 0 saturated heterocycles. The average molecular weight is 446 g/mol. The Labute approximate surface area is 199 Å². The summed E-state index contributed by atoms with van der Waals surface area (Å²) in [6, 6.07) is 8.08. The van der Waals surface area contributed by atoms with Crippen LogP contribution in [-0.2, 0) is 6.54 Å². The van der Waals surface area contributed by atoms with Gasteiger partial charge >= 0.3 is 0 Å². The number of benzene rings is 1. The fraction of sp³-hybridized carbons (Fsp3) is 0.586. The predicted octanol–water partition coefficient (Wildman–Crippen LogP) is 7.09. The molecular weight excluding hydrogens is 406 g/mol. The Bertz CT molecular complexity index is 1060. The molecule has 1 aromatic heterocycles. The Morgan fingerprint density at radius 2 is 1.94 bits per heavy atom. The molecule has 5 rings (SSSR count). The molecule has 1 heterocycles. The van der Waals surface area contributed by atoms with Gasteiger partial charge in [0.15, 0.2) is 0 Å². The maximum Gasteiger partial charge on any atom is 0.118 e. The zero-order valence-corrected chi connectivity index (χ0v) is 21.0. The minimum atomic E-state index is 0.238. The van der Waals surface area contributed by atoms with Crippen molar-refractivity contribution >= 4 is 0 Å². The molecule has 33 heavy (non-hydrogen) atoms. The van der Waals surface area contributed by atoms with Crippen molar-refractivity contribution in [3.63, 3.8) is 0 Å². The van der Waals surface area contributed by atoms with Crippen molar-refractivity contribution in [3.8, 4) is 17.0 Å². The van der Waals surface area contributed by atoms with E-state index in [4.69, 9.17) is 4.74 Å². The summed E-state index contributed by atoms with van der Waals surface area (Å²) < 4.78 is 7.39. The molecule has 1 saturated carbocycles. The minimum absolute atomic E-state index is 0.238. The monoisotopic (exact) mass is 445 g/mol. The van der Waals surface area contributed by atoms with E-state index in [1.165, 1.54) is 38.5 Å². The third kappa shape index (κ3) is 3.96. The summed E-state index contributed by atoms with van der Waals surface area (Å²) in [5.41, 5.74) is 5.92. The van der Waals surface area contributed by atoms with E-state index in [1.54, 1.807) is 18.3 Å². The van der Waals surface area contributed by atoms with E-state index in [2.05, 4.69) is 73.2 Å². The molecule has 0 N–H and O–H groups in total. The molecule has 3 aliphatic carbocycles. The Hall–Kier alpha value is -2.36. The molecule has 1 fully saturated rings. The van der Waals surface area contributed by atoms with Crippen LogP contribution in [0, 0.1) is 28.6 Å². The number of ether oxygens (including phenoxy) is 1. The molecule has 1 aromatic carbocycles. The molecule has 0 amide bonds. The molecule has 4 nitrogen and oxygen atoms in total. The van der Waals surface area contributed by atoms with Crippen LogP contribution in [0.5, 0.6) is 5.75 Å². The van der Waals surface area contributed by atoms with E-state index in [0.717, 1.165) is 23.6 Å². The number of fused-ring (bicyclic) bond motifs is 3. The smallest absolute Gasteiger partial charge is 0.118 e. The van der Waals surface area contributed by atoms with Crippen molar-refractivity contribution in [2.45, 2.75) is 72.8 Å². The summed E-state index contributed by atoms with van der Waals surface area (Å²) in [4.78, 5) is 0. The third-order valence-electron chi connectivity index (χ3n) is 9.15. The van der Waals surface area contributed by atoms with Crippen molar-refractivity contribution in [1.29, 1.82) is 0 Å². The normalized spacial score (nSPS) is 31.5. The van der Waals surface area contributed by atoms with Gasteiger partial charge in [0.1, 0.15) is 11.4 Å². The maximum absolute atomic E-state index is 5.29. The van der Waals surface area contributed by atoms with Gasteiger partial charge in [-0.3, -0.25) is 4.68 Å². The van der Waals surface area contributed by atoms with E-state index >= 15 is 0 Å². The zero-order chi connectivity index (χ0) is 23.2. The Kier molecular flexibility index (Phi) is 5.74. The fourth-order valence-corrected chi connectivity index (χ4v) is 7.30. The summed E-state index contributed by atoms with van der Waals surface area (Å²) >= 11 is 0. The summed E-state index contributed by atoms with van der Waals surface area (Å²) in [7, 11) is 1.69. The third-order valence-corrected chi connectivity index (χ3v) is 9.15. The van der Waals surface area contributed by atoms with Crippen LogP contribution in [0.15, 0.2) is 53.8 Å². The second-order valence-corrected chi connectivity index (χ2v) is 11.5. The van der Waals surface area contributed by atoms with Crippen LogP contribution in [0.1, 0.15) is 66.2 Å². The lowest BCUT2D eigenvalue weighted by Gasteiger charge is -2.58. The number of allylic oxidation sites excluding steroid dienone is 4. The molecule has 0 radical (unpaired) electrons. The predicted molar refractivity (Wildman–Crippen MR) is 134 cm³/mol. The molecule has 4 atom stereocenters. The first-order valence-corrected chi connectivity index (χ1v) is 12.8. The molecule has 0 spiro atoms. The second kappa shape index (κ2) is 8.45. The van der Waals surface area contributed by atoms with Crippen LogP contribution >= 0.6 is 0 Å². The van der Waals surface area contributed by atoms with Crippen LogP contribution in [0.25, 0.3) is 11.3 Å². The topological polar surface area (TPSA) is 39.9 Å². The van der Waals surface area contributed by atoms with Crippen LogP contribution in [-0.4, -0.2) is 22.1 Å². The number of hydrogen-bond donors (Lipinski definition) is 0. The molecule has 3 aliphatic rings. The Morgan fingerprint density at radius 1 is 1.15 bits per heavy atom. The second-order valence-electron chi connectivity index (χ2n) is 11.5. The van der Waals surface area contributed by atoms with E-state index in [-0.39, 0.29) is 5.41 Å². The first-order valence-electron chi connectivity index (χ1n) is 12.8. The zero-order valence-electron chi connectivity index (χ0n) is 21.0. The lowest BCUT2D eigenvalue weighted by atomic mass is 9.47. The Morgan fingerprint density at radius 3 is 2.67 bits per heavy atom. The van der Waals surface area contributed by atoms with Crippen molar-refractivity contribution in [2.75, 3.05) is 7.11 Å². The minimum Gasteiger partial charge on any atom is -0.497 e. The lowest BCUT2D eigenvalue weighted by molar-refractivity contribution is -0.0588. The highest BCUT2D eigenvalue weighted by molar-refractivity contribution is 5.58. The van der Waals surface area contributed by atoms with Crippen LogP contribution in [0.4, 0.5) is 0 Å². The van der Waals surface area contributed by atoms with Gasteiger partial charge in [-0.05, 0) is 90.5 Å². The summed E-state index contributed by atoms with van der Waals surface area (Å²) in [6.45, 7) is 10.7. The molecule has 176 valence electrons. The van der Waals surface area contributed by atoms with Crippen molar-refractivity contribution in [1.82, 2.24) is 15.0 Å². The first kappa shape index (κ1) is 22.4. The van der Waals surface area contributed by atoms with Crippen molar-refractivity contribution < 1.29 is 4.74 Å². The van der Waals surface area contributed by atoms with Gasteiger partial charge in [0.25, 0.3) is 0 Å². The molecular formula is C29H39N3O. The summed E-state index contributed by atoms with van der Waals surface area (Å²) in [5, 5.41) is 9.06. The van der Waals surface area contributed by atoms with Gasteiger partial charge in [0.05, 0.1) is 13.3 Å². The first-order chi connectivity index (χ1) is 15.8. The Balaban J connectivity index is 1.39. The quantitative estimate of drug-likeness (QED) is 0.493. The largest absolute Gasteiger partial charge is 0.497 e. The highest BCUT2D eigenvalue weighted by Gasteiger charge is 2.54. The number of hydrogen-bond acceptors (Lipinski definition) is 3. The maximum atomic E-state index is 5.29. The molecule has 2 aromatic rings. The molecule has 2 unspecified atom stereocenters. The van der Waals surface area contributed by atoms with E-state index in [9.17, 15) is 0 Å². The van der Waals surface area contributed by atoms with Gasteiger partial charge in [-0.25, -0.2) is 0 Å². The average Bonchev–Trinajstić information content (AvgIpc) is 3.26. The number of rotatable bonds is 5. The van der Waals surface area contributed by atoms with Gasteiger partial charge in [-0.2, -0.15) is 0 Å². The number of methoxy groups -OCH3 is 1. The van der Waals surface area contributed by atoms with Gasteiger partial charge in [0, 0.05) is 12.1 Å². The number of nitrogens with zero attached hydrogens (tertiary/aromatic N) is 3. The van der Waals surface area contributed by atoms with Crippen LogP contribution in [0.3, 0.4) is 0 Å². The van der Waals surface area contributed by atoms with Crippen LogP contribution in [0.2, 0.25) is 0 Å². The molecule has 0 aliphatic heterocycles. The lowest BCUT2D eigenvalue weighted by Crippen LogP contribution is -2.51. The summed E-state index contributed by atoms with van der Waals surface area (Å²) in [6.07, 6.45) is 15.0. The van der Waals surface area contributed by atoms with Gasteiger partial charge in [-0.15, -0.1) is 5.10 Å². The number of aromatic nitrogens is 3. The standard InChI is InChI=1S/C29H39N3O/c1-20(2)22-9-13-25-23(17-22)10-14-27-28(3,15-6-16-29(25,27)4)19-32-18-26(30-31-32)21-7-11-24(33-5)12-8-21/h7-8,10-12,17-18,20,25,27H,6,9,13-16,19H2,1-5H3/t25?,27?,28-,29+/m0/s1. The van der Waals surface area contributed by atoms with Gasteiger partial charge in [0.2, 0.25) is 0 Å². The van der Waals surface area contributed by atoms with Gasteiger partial charge < -0.3 is 4.74 Å². The van der Waals surface area contributed by atoms with E-state index < -0.39 is 0 Å². The molecule has 4 heteroatoms. The van der Waals surface area contributed by atoms with E-state index in [0.29, 0.717) is 23.2 Å². The van der Waals surface area contributed by atoms with Crippen LogP contribution < -0.4 is 4.74 Å². The van der Waals surface area contributed by atoms with Crippen molar-refractivity contribution in [2.24, 2.45) is 28.6 Å². The highest BCUT2D eigenvalue weighted by Crippen LogP contribution is 2.62. The fourth-order valence-electron chi connectivity index (χ4n) is 7.30.